The Labute approximate surface area is 161 Å². The lowest BCUT2D eigenvalue weighted by Crippen LogP contribution is -2.08. The first-order chi connectivity index (χ1) is 13.6. The summed E-state index contributed by atoms with van der Waals surface area (Å²) in [4.78, 5) is 40.9. The van der Waals surface area contributed by atoms with Crippen LogP contribution in [0.1, 0.15) is 34.8 Å². The van der Waals surface area contributed by atoms with E-state index in [0.29, 0.717) is 22.8 Å². The first kappa shape index (κ1) is 19.1. The van der Waals surface area contributed by atoms with Crippen LogP contribution in [0, 0.1) is 0 Å². The highest BCUT2D eigenvalue weighted by Gasteiger charge is 2.13. The number of hydrogen-bond acceptors (Lipinski definition) is 8. The molecule has 0 radical (unpaired) electrons. The third-order valence-corrected chi connectivity index (χ3v) is 3.66. The van der Waals surface area contributed by atoms with Crippen LogP contribution in [0.2, 0.25) is 0 Å². The summed E-state index contributed by atoms with van der Waals surface area (Å²) >= 11 is 0. The Kier molecular flexibility index (Phi) is 6.01. The summed E-state index contributed by atoms with van der Waals surface area (Å²) in [6.45, 7) is 4.00. The summed E-state index contributed by atoms with van der Waals surface area (Å²) < 4.78 is 9.96. The quantitative estimate of drug-likeness (QED) is 0.603. The van der Waals surface area contributed by atoms with Crippen molar-refractivity contribution in [1.82, 2.24) is 19.9 Å². The Bertz CT molecular complexity index is 930. The molecule has 0 N–H and O–H groups in total. The van der Waals surface area contributed by atoms with Crippen LogP contribution < -0.4 is 0 Å². The molecule has 3 heterocycles. The van der Waals surface area contributed by atoms with Crippen LogP contribution in [0.5, 0.6) is 0 Å². The van der Waals surface area contributed by atoms with Crippen LogP contribution >= 0.6 is 0 Å². The minimum Gasteiger partial charge on any atom is -0.461 e. The third-order valence-electron chi connectivity index (χ3n) is 3.66. The van der Waals surface area contributed by atoms with E-state index >= 15 is 0 Å². The zero-order chi connectivity index (χ0) is 19.9. The summed E-state index contributed by atoms with van der Waals surface area (Å²) in [7, 11) is 0. The minimum absolute atomic E-state index is 0.196. The predicted molar refractivity (Wildman–Crippen MR) is 100 cm³/mol. The molecule has 3 rings (SSSR count). The lowest BCUT2D eigenvalue weighted by atomic mass is 10.2. The van der Waals surface area contributed by atoms with Gasteiger partial charge in [-0.2, -0.15) is 0 Å². The molecule has 8 nitrogen and oxygen atoms in total. The van der Waals surface area contributed by atoms with E-state index in [9.17, 15) is 9.59 Å². The van der Waals surface area contributed by atoms with E-state index in [1.54, 1.807) is 56.3 Å². The van der Waals surface area contributed by atoms with Gasteiger partial charge in [-0.25, -0.2) is 29.5 Å². The van der Waals surface area contributed by atoms with E-state index < -0.39 is 11.9 Å². The van der Waals surface area contributed by atoms with Crippen LogP contribution in [-0.2, 0) is 9.47 Å². The Hall–Kier alpha value is -3.68. The van der Waals surface area contributed by atoms with Gasteiger partial charge in [-0.05, 0) is 44.2 Å². The maximum absolute atomic E-state index is 11.9. The Morgan fingerprint density at radius 1 is 0.750 bits per heavy atom. The molecule has 0 amide bonds. The number of carbonyl (C=O) groups is 2. The molecular weight excluding hydrogens is 360 g/mol. The molecule has 8 heteroatoms. The van der Waals surface area contributed by atoms with E-state index in [4.69, 9.17) is 9.47 Å². The van der Waals surface area contributed by atoms with Crippen LogP contribution in [-0.4, -0.2) is 45.1 Å². The molecule has 0 saturated heterocycles. The van der Waals surface area contributed by atoms with Gasteiger partial charge in [-0.15, -0.1) is 0 Å². The second-order valence-corrected chi connectivity index (χ2v) is 5.55. The normalized spacial score (nSPS) is 10.4. The highest BCUT2D eigenvalue weighted by Crippen LogP contribution is 2.21. The lowest BCUT2D eigenvalue weighted by Gasteiger charge is -2.06. The van der Waals surface area contributed by atoms with Crippen LogP contribution in [0.25, 0.3) is 22.8 Å². The van der Waals surface area contributed by atoms with Crippen molar-refractivity contribution in [3.8, 4) is 22.8 Å². The molecule has 0 fully saturated rings. The second kappa shape index (κ2) is 8.81. The number of pyridine rings is 2. The predicted octanol–water partition coefficient (Wildman–Crippen LogP) is 2.95. The van der Waals surface area contributed by atoms with Crippen molar-refractivity contribution < 1.29 is 19.1 Å². The van der Waals surface area contributed by atoms with E-state index in [0.717, 1.165) is 0 Å². The van der Waals surface area contributed by atoms with Crippen molar-refractivity contribution in [2.45, 2.75) is 13.8 Å². The zero-order valence-electron chi connectivity index (χ0n) is 15.5. The molecule has 142 valence electrons. The van der Waals surface area contributed by atoms with E-state index in [1.807, 2.05) is 0 Å². The average Bonchev–Trinajstić information content (AvgIpc) is 2.74. The van der Waals surface area contributed by atoms with Crippen LogP contribution in [0.15, 0.2) is 48.8 Å². The Morgan fingerprint density at radius 2 is 1.21 bits per heavy atom. The van der Waals surface area contributed by atoms with Gasteiger partial charge < -0.3 is 9.47 Å². The molecule has 0 saturated carbocycles. The second-order valence-electron chi connectivity index (χ2n) is 5.55. The molecule has 0 unspecified atom stereocenters. The number of nitrogens with zero attached hydrogens (tertiary/aromatic N) is 4. The molecule has 0 spiro atoms. The minimum atomic E-state index is -0.498. The number of esters is 2. The van der Waals surface area contributed by atoms with Gasteiger partial charge in [-0.1, -0.05) is 12.1 Å². The molecule has 0 atom stereocenters. The maximum atomic E-state index is 11.9. The summed E-state index contributed by atoms with van der Waals surface area (Å²) in [6, 6.07) is 11.7. The molecule has 0 bridgehead atoms. The van der Waals surface area contributed by atoms with Gasteiger partial charge in [0, 0.05) is 0 Å². The smallest absolute Gasteiger partial charge is 0.356 e. The topological polar surface area (TPSA) is 104 Å². The average molecular weight is 378 g/mol. The van der Waals surface area contributed by atoms with Gasteiger partial charge in [-0.3, -0.25) is 0 Å². The van der Waals surface area contributed by atoms with Crippen LogP contribution in [0.3, 0.4) is 0 Å². The largest absolute Gasteiger partial charge is 0.461 e. The SMILES string of the molecule is CCOC(=O)c1cccc(-c2cc(-c3cccc(C(=O)OCC)n3)ncn2)n1. The molecule has 0 aromatic carbocycles. The molecule has 28 heavy (non-hydrogen) atoms. The van der Waals surface area contributed by atoms with E-state index in [-0.39, 0.29) is 24.6 Å². The van der Waals surface area contributed by atoms with Gasteiger partial charge in [0.2, 0.25) is 0 Å². The first-order valence-electron chi connectivity index (χ1n) is 8.73. The fourth-order valence-corrected chi connectivity index (χ4v) is 2.43. The van der Waals surface area contributed by atoms with Gasteiger partial charge in [0.1, 0.15) is 17.7 Å². The third kappa shape index (κ3) is 4.35. The fraction of sp³-hybridized carbons (Fsp3) is 0.200. The summed E-state index contributed by atoms with van der Waals surface area (Å²) in [5.41, 5.74) is 2.41. The van der Waals surface area contributed by atoms with Crippen molar-refractivity contribution in [1.29, 1.82) is 0 Å². The fourth-order valence-electron chi connectivity index (χ4n) is 2.43. The van der Waals surface area contributed by atoms with Crippen molar-refractivity contribution in [2.75, 3.05) is 13.2 Å². The van der Waals surface area contributed by atoms with E-state index in [1.165, 1.54) is 6.33 Å². The number of ether oxygens (including phenoxy) is 2. The standard InChI is InChI=1S/C20H18N4O4/c1-3-27-19(25)15-9-5-7-13(23-15)17-11-18(22-12-21-17)14-8-6-10-16(24-14)20(26)28-4-2/h5-12H,3-4H2,1-2H3. The van der Waals surface area contributed by atoms with Gasteiger partial charge >= 0.3 is 11.9 Å². The van der Waals surface area contributed by atoms with Crippen molar-refractivity contribution in [3.63, 3.8) is 0 Å². The summed E-state index contributed by atoms with van der Waals surface area (Å²) in [6.07, 6.45) is 1.38. The molecule has 3 aromatic heterocycles. The lowest BCUT2D eigenvalue weighted by molar-refractivity contribution is 0.0510. The summed E-state index contributed by atoms with van der Waals surface area (Å²) in [5, 5.41) is 0. The maximum Gasteiger partial charge on any atom is 0.356 e. The highest BCUT2D eigenvalue weighted by molar-refractivity contribution is 5.88. The zero-order valence-corrected chi connectivity index (χ0v) is 15.5. The Balaban J connectivity index is 1.93. The molecule has 0 aliphatic heterocycles. The number of rotatable bonds is 6. The number of aromatic nitrogens is 4. The highest BCUT2D eigenvalue weighted by atomic mass is 16.5. The van der Waals surface area contributed by atoms with Gasteiger partial charge in [0.15, 0.2) is 0 Å². The van der Waals surface area contributed by atoms with Crippen molar-refractivity contribution in [2.24, 2.45) is 0 Å². The molecule has 0 aliphatic carbocycles. The Morgan fingerprint density at radius 3 is 1.64 bits per heavy atom. The molecular formula is C20H18N4O4. The number of carbonyl (C=O) groups excluding carboxylic acids is 2. The molecule has 0 aliphatic rings. The van der Waals surface area contributed by atoms with Crippen molar-refractivity contribution in [3.05, 3.63) is 60.2 Å². The van der Waals surface area contributed by atoms with Crippen LogP contribution in [0.4, 0.5) is 0 Å². The van der Waals surface area contributed by atoms with Crippen molar-refractivity contribution >= 4 is 11.9 Å². The monoisotopic (exact) mass is 378 g/mol. The van der Waals surface area contributed by atoms with E-state index in [2.05, 4.69) is 19.9 Å². The summed E-state index contributed by atoms with van der Waals surface area (Å²) in [5.74, 6) is -0.995. The van der Waals surface area contributed by atoms with Gasteiger partial charge in [0.25, 0.3) is 0 Å². The van der Waals surface area contributed by atoms with Gasteiger partial charge in [0.05, 0.1) is 36.0 Å². The number of hydrogen-bond donors (Lipinski definition) is 0. The first-order valence-corrected chi connectivity index (χ1v) is 8.73. The molecule has 3 aromatic rings.